The maximum Gasteiger partial charge on any atom is 0.221 e. The molecule has 5 nitrogen and oxygen atoms in total. The molecule has 2 rings (SSSR count). The van der Waals surface area contributed by atoms with Crippen LogP contribution in [0.15, 0.2) is 34.2 Å². The highest BCUT2D eigenvalue weighted by Crippen LogP contribution is 2.31. The van der Waals surface area contributed by atoms with Gasteiger partial charge in [-0.15, -0.1) is 0 Å². The molecule has 0 bridgehead atoms. The van der Waals surface area contributed by atoms with E-state index in [1.165, 1.54) is 18.7 Å². The maximum atomic E-state index is 11.1. The van der Waals surface area contributed by atoms with E-state index in [2.05, 4.69) is 10.4 Å². The molecule has 6 heteroatoms. The second kappa shape index (κ2) is 5.92. The van der Waals surface area contributed by atoms with Crippen LogP contribution in [0.2, 0.25) is 0 Å². The molecule has 1 heterocycles. The minimum atomic E-state index is -0.101. The SMILES string of the molecule is CC(=O)Nc1ccc(Sc2c(C=O)c(C)nn2C)cc1. The summed E-state index contributed by atoms with van der Waals surface area (Å²) in [5, 5.41) is 7.76. The van der Waals surface area contributed by atoms with Gasteiger partial charge in [0.25, 0.3) is 0 Å². The number of aryl methyl sites for hydroxylation is 2. The zero-order valence-corrected chi connectivity index (χ0v) is 12.3. The first-order valence-electron chi connectivity index (χ1n) is 6.05. The van der Waals surface area contributed by atoms with Crippen molar-refractivity contribution in [3.63, 3.8) is 0 Å². The van der Waals surface area contributed by atoms with Gasteiger partial charge in [-0.3, -0.25) is 14.3 Å². The minimum Gasteiger partial charge on any atom is -0.326 e. The van der Waals surface area contributed by atoms with Crippen molar-refractivity contribution in [3.05, 3.63) is 35.5 Å². The zero-order chi connectivity index (χ0) is 14.7. The number of anilines is 1. The number of aromatic nitrogens is 2. The normalized spacial score (nSPS) is 10.3. The van der Waals surface area contributed by atoms with Gasteiger partial charge in [0.2, 0.25) is 5.91 Å². The summed E-state index contributed by atoms with van der Waals surface area (Å²) in [7, 11) is 1.81. The van der Waals surface area contributed by atoms with Crippen molar-refractivity contribution in [3.8, 4) is 0 Å². The number of amides is 1. The second-order valence-corrected chi connectivity index (χ2v) is 5.42. The summed E-state index contributed by atoms with van der Waals surface area (Å²) in [5.74, 6) is -0.101. The molecule has 1 aromatic carbocycles. The Kier molecular flexibility index (Phi) is 4.24. The molecule has 1 amide bonds. The van der Waals surface area contributed by atoms with Crippen LogP contribution in [0.5, 0.6) is 0 Å². The second-order valence-electron chi connectivity index (χ2n) is 4.35. The van der Waals surface area contributed by atoms with E-state index in [0.717, 1.165) is 27.6 Å². The molecule has 0 aliphatic heterocycles. The number of nitrogens with one attached hydrogen (secondary N) is 1. The Bertz CT molecular complexity index is 647. The molecule has 0 saturated heterocycles. The first kappa shape index (κ1) is 14.3. The molecule has 104 valence electrons. The largest absolute Gasteiger partial charge is 0.326 e. The lowest BCUT2D eigenvalue weighted by Gasteiger charge is -2.05. The highest BCUT2D eigenvalue weighted by Gasteiger charge is 2.13. The molecule has 0 saturated carbocycles. The molecule has 0 atom stereocenters. The van der Waals surface area contributed by atoms with E-state index in [9.17, 15) is 9.59 Å². The first-order chi connectivity index (χ1) is 9.51. The van der Waals surface area contributed by atoms with Gasteiger partial charge in [-0.1, -0.05) is 11.8 Å². The van der Waals surface area contributed by atoms with Crippen LogP contribution in [0, 0.1) is 6.92 Å². The average Bonchev–Trinajstić information content (AvgIpc) is 2.65. The Balaban J connectivity index is 2.22. The van der Waals surface area contributed by atoms with Crippen LogP contribution in [0.25, 0.3) is 0 Å². The number of rotatable bonds is 4. The molecular weight excluding hydrogens is 274 g/mol. The molecule has 2 aromatic rings. The van der Waals surface area contributed by atoms with Crippen molar-refractivity contribution < 1.29 is 9.59 Å². The van der Waals surface area contributed by atoms with Gasteiger partial charge in [0.1, 0.15) is 5.03 Å². The van der Waals surface area contributed by atoms with E-state index >= 15 is 0 Å². The predicted octanol–water partition coefficient (Wildman–Crippen LogP) is 2.65. The van der Waals surface area contributed by atoms with E-state index in [1.807, 2.05) is 38.2 Å². The van der Waals surface area contributed by atoms with Crippen LogP contribution >= 0.6 is 11.8 Å². The fraction of sp³-hybridized carbons (Fsp3) is 0.214. The summed E-state index contributed by atoms with van der Waals surface area (Å²) in [6.45, 7) is 3.28. The molecule has 0 fully saturated rings. The monoisotopic (exact) mass is 289 g/mol. The van der Waals surface area contributed by atoms with E-state index in [0.29, 0.717) is 5.56 Å². The summed E-state index contributed by atoms with van der Waals surface area (Å²) in [6, 6.07) is 7.45. The van der Waals surface area contributed by atoms with E-state index in [4.69, 9.17) is 0 Å². The van der Waals surface area contributed by atoms with E-state index in [1.54, 1.807) is 4.68 Å². The number of hydrogen-bond acceptors (Lipinski definition) is 4. The van der Waals surface area contributed by atoms with Gasteiger partial charge in [-0.25, -0.2) is 0 Å². The number of carbonyl (C=O) groups is 2. The van der Waals surface area contributed by atoms with Gasteiger partial charge < -0.3 is 5.32 Å². The highest BCUT2D eigenvalue weighted by molar-refractivity contribution is 7.99. The van der Waals surface area contributed by atoms with E-state index in [-0.39, 0.29) is 5.91 Å². The third-order valence-corrected chi connectivity index (χ3v) is 3.91. The Morgan fingerprint density at radius 2 is 2.00 bits per heavy atom. The summed E-state index contributed by atoms with van der Waals surface area (Å²) < 4.78 is 1.70. The molecule has 0 aliphatic rings. The van der Waals surface area contributed by atoms with Gasteiger partial charge in [0.15, 0.2) is 6.29 Å². The van der Waals surface area contributed by atoms with Gasteiger partial charge in [-0.05, 0) is 31.2 Å². The molecule has 0 aliphatic carbocycles. The molecule has 0 unspecified atom stereocenters. The summed E-state index contributed by atoms with van der Waals surface area (Å²) in [5.41, 5.74) is 2.09. The Hall–Kier alpha value is -2.08. The summed E-state index contributed by atoms with van der Waals surface area (Å²) in [6.07, 6.45) is 0.830. The van der Waals surface area contributed by atoms with Crippen LogP contribution in [-0.2, 0) is 11.8 Å². The smallest absolute Gasteiger partial charge is 0.221 e. The van der Waals surface area contributed by atoms with Crippen molar-refractivity contribution in [2.75, 3.05) is 5.32 Å². The van der Waals surface area contributed by atoms with Crippen LogP contribution in [0.3, 0.4) is 0 Å². The molecule has 1 N–H and O–H groups in total. The third-order valence-electron chi connectivity index (χ3n) is 2.72. The molecule has 1 aromatic heterocycles. The fourth-order valence-corrected chi connectivity index (χ4v) is 2.81. The average molecular weight is 289 g/mol. The number of hydrogen-bond donors (Lipinski definition) is 1. The van der Waals surface area contributed by atoms with Gasteiger partial charge in [0, 0.05) is 24.6 Å². The van der Waals surface area contributed by atoms with Crippen molar-refractivity contribution >= 4 is 29.6 Å². The standard InChI is InChI=1S/C14H15N3O2S/c1-9-13(8-18)14(17(3)16-9)20-12-6-4-11(5-7-12)15-10(2)19/h4-8H,1-3H3,(H,15,19). The van der Waals surface area contributed by atoms with Crippen LogP contribution in [0.4, 0.5) is 5.69 Å². The lowest BCUT2D eigenvalue weighted by atomic mass is 10.3. The Morgan fingerprint density at radius 1 is 1.35 bits per heavy atom. The van der Waals surface area contributed by atoms with Crippen LogP contribution in [0.1, 0.15) is 23.0 Å². The van der Waals surface area contributed by atoms with Crippen molar-refractivity contribution in [2.24, 2.45) is 7.05 Å². The van der Waals surface area contributed by atoms with Gasteiger partial charge in [-0.2, -0.15) is 5.10 Å². The molecular formula is C14H15N3O2S. The molecule has 20 heavy (non-hydrogen) atoms. The van der Waals surface area contributed by atoms with Crippen molar-refractivity contribution in [2.45, 2.75) is 23.8 Å². The lowest BCUT2D eigenvalue weighted by molar-refractivity contribution is -0.114. The summed E-state index contributed by atoms with van der Waals surface area (Å²) >= 11 is 1.47. The number of benzene rings is 1. The predicted molar refractivity (Wildman–Crippen MR) is 78.2 cm³/mol. The molecule has 0 radical (unpaired) electrons. The van der Waals surface area contributed by atoms with Gasteiger partial charge in [0.05, 0.1) is 11.3 Å². The zero-order valence-electron chi connectivity index (χ0n) is 11.5. The Morgan fingerprint density at radius 3 is 2.55 bits per heavy atom. The lowest BCUT2D eigenvalue weighted by Crippen LogP contribution is -2.05. The highest BCUT2D eigenvalue weighted by atomic mass is 32.2. The van der Waals surface area contributed by atoms with Crippen molar-refractivity contribution in [1.82, 2.24) is 9.78 Å². The topological polar surface area (TPSA) is 64.0 Å². The van der Waals surface area contributed by atoms with Crippen LogP contribution in [-0.4, -0.2) is 22.0 Å². The fourth-order valence-electron chi connectivity index (χ4n) is 1.83. The molecule has 0 spiro atoms. The maximum absolute atomic E-state index is 11.1. The van der Waals surface area contributed by atoms with Crippen molar-refractivity contribution in [1.29, 1.82) is 0 Å². The Labute approximate surface area is 121 Å². The minimum absolute atomic E-state index is 0.101. The van der Waals surface area contributed by atoms with Gasteiger partial charge >= 0.3 is 0 Å². The third kappa shape index (κ3) is 3.08. The quantitative estimate of drug-likeness (QED) is 0.879. The van der Waals surface area contributed by atoms with Crippen LogP contribution < -0.4 is 5.32 Å². The number of carbonyl (C=O) groups excluding carboxylic acids is 2. The van der Waals surface area contributed by atoms with E-state index < -0.39 is 0 Å². The first-order valence-corrected chi connectivity index (χ1v) is 6.87. The number of aldehydes is 1. The summed E-state index contributed by atoms with van der Waals surface area (Å²) in [4.78, 5) is 23.0. The number of nitrogens with zero attached hydrogens (tertiary/aromatic N) is 2.